The molecule has 0 saturated carbocycles. The third-order valence-electron chi connectivity index (χ3n) is 5.89. The summed E-state index contributed by atoms with van der Waals surface area (Å²) < 4.78 is 5.29. The molecule has 30 heavy (non-hydrogen) atoms. The lowest BCUT2D eigenvalue weighted by Crippen LogP contribution is -2.21. The molecular formula is C24H27N3O3. The van der Waals surface area contributed by atoms with Crippen molar-refractivity contribution in [3.05, 3.63) is 70.9 Å². The van der Waals surface area contributed by atoms with E-state index in [4.69, 9.17) is 9.94 Å². The molecule has 2 aromatic carbocycles. The van der Waals surface area contributed by atoms with Gasteiger partial charge in [0, 0.05) is 35.3 Å². The van der Waals surface area contributed by atoms with E-state index in [0.29, 0.717) is 6.04 Å². The fourth-order valence-corrected chi connectivity index (χ4v) is 4.27. The van der Waals surface area contributed by atoms with Crippen molar-refractivity contribution in [3.8, 4) is 5.75 Å². The molecule has 156 valence electrons. The number of aromatic nitrogens is 1. The Morgan fingerprint density at radius 3 is 2.97 bits per heavy atom. The van der Waals surface area contributed by atoms with Gasteiger partial charge in [-0.2, -0.15) is 0 Å². The number of aromatic amines is 1. The van der Waals surface area contributed by atoms with E-state index >= 15 is 0 Å². The molecule has 0 saturated heterocycles. The van der Waals surface area contributed by atoms with Gasteiger partial charge in [-0.3, -0.25) is 10.0 Å². The lowest BCUT2D eigenvalue weighted by atomic mass is 10.00. The van der Waals surface area contributed by atoms with Gasteiger partial charge in [0.15, 0.2) is 0 Å². The Bertz CT molecular complexity index is 1100. The van der Waals surface area contributed by atoms with Gasteiger partial charge in [0.2, 0.25) is 0 Å². The Labute approximate surface area is 175 Å². The van der Waals surface area contributed by atoms with Gasteiger partial charge in [0.05, 0.1) is 7.11 Å². The molecule has 0 bridgehead atoms. The number of hydrogen-bond donors (Lipinski definition) is 4. The number of benzene rings is 2. The average molecular weight is 405 g/mol. The SMILES string of the molecule is COc1ccc2c(CCNC3CCc4cc(/C(C)=C\C(=O)NO)ccc43)c[nH]c2c1. The summed E-state index contributed by atoms with van der Waals surface area (Å²) in [7, 11) is 1.68. The Morgan fingerprint density at radius 1 is 1.30 bits per heavy atom. The van der Waals surface area contributed by atoms with Crippen molar-refractivity contribution < 1.29 is 14.7 Å². The van der Waals surface area contributed by atoms with Crippen LogP contribution in [0.1, 0.15) is 41.6 Å². The highest BCUT2D eigenvalue weighted by Crippen LogP contribution is 2.33. The summed E-state index contributed by atoms with van der Waals surface area (Å²) in [5, 5.41) is 13.6. The van der Waals surface area contributed by atoms with E-state index in [-0.39, 0.29) is 0 Å². The number of carbonyl (C=O) groups excluding carboxylic acids is 1. The van der Waals surface area contributed by atoms with Crippen LogP contribution in [0.25, 0.3) is 16.5 Å². The highest BCUT2D eigenvalue weighted by molar-refractivity contribution is 5.94. The number of H-pyrrole nitrogens is 1. The van der Waals surface area contributed by atoms with Crippen LogP contribution >= 0.6 is 0 Å². The first-order valence-corrected chi connectivity index (χ1v) is 10.2. The van der Waals surface area contributed by atoms with Crippen LogP contribution in [0.5, 0.6) is 5.75 Å². The standard InChI is InChI=1S/C24H27N3O3/c1-15(11-24(28)27-29)16-3-6-20-17(12-16)4-8-22(20)25-10-9-18-14-26-23-13-19(30-2)5-7-21(18)23/h3,5-7,11-14,22,25-26,29H,4,8-10H2,1-2H3,(H,27,28)/b15-11-. The highest BCUT2D eigenvalue weighted by Gasteiger charge is 2.22. The third kappa shape index (κ3) is 4.10. The number of fused-ring (bicyclic) bond motifs is 2. The van der Waals surface area contributed by atoms with Crippen molar-refractivity contribution in [2.75, 3.05) is 13.7 Å². The second-order valence-corrected chi connectivity index (χ2v) is 7.74. The van der Waals surface area contributed by atoms with Crippen molar-refractivity contribution in [1.82, 2.24) is 15.8 Å². The van der Waals surface area contributed by atoms with E-state index in [9.17, 15) is 4.79 Å². The molecule has 3 aromatic rings. The number of rotatable bonds is 7. The van der Waals surface area contributed by atoms with Crippen LogP contribution in [0, 0.1) is 0 Å². The minimum Gasteiger partial charge on any atom is -0.497 e. The Balaban J connectivity index is 1.40. The summed E-state index contributed by atoms with van der Waals surface area (Å²) >= 11 is 0. The van der Waals surface area contributed by atoms with Crippen LogP contribution in [0.4, 0.5) is 0 Å². The van der Waals surface area contributed by atoms with Crippen LogP contribution in [-0.4, -0.2) is 29.8 Å². The molecule has 0 aliphatic heterocycles. The van der Waals surface area contributed by atoms with Gasteiger partial charge in [-0.05, 0) is 72.7 Å². The second kappa shape index (κ2) is 8.73. The molecule has 0 spiro atoms. The Morgan fingerprint density at radius 2 is 2.17 bits per heavy atom. The molecule has 1 aliphatic carbocycles. The zero-order valence-corrected chi connectivity index (χ0v) is 17.3. The molecule has 1 unspecified atom stereocenters. The maximum atomic E-state index is 11.4. The predicted octanol–water partition coefficient (Wildman–Crippen LogP) is 3.90. The monoisotopic (exact) mass is 405 g/mol. The molecule has 0 radical (unpaired) electrons. The lowest BCUT2D eigenvalue weighted by Gasteiger charge is -2.14. The van der Waals surface area contributed by atoms with E-state index in [0.717, 1.165) is 48.2 Å². The Hall–Kier alpha value is -3.09. The summed E-state index contributed by atoms with van der Waals surface area (Å²) in [5.74, 6) is 0.348. The number of hydrogen-bond acceptors (Lipinski definition) is 4. The lowest BCUT2D eigenvalue weighted by molar-refractivity contribution is -0.124. The first-order chi connectivity index (χ1) is 14.6. The van der Waals surface area contributed by atoms with Crippen LogP contribution in [0.3, 0.4) is 0 Å². The molecule has 1 atom stereocenters. The molecule has 1 heterocycles. The van der Waals surface area contributed by atoms with Gasteiger partial charge >= 0.3 is 0 Å². The predicted molar refractivity (Wildman–Crippen MR) is 118 cm³/mol. The smallest absolute Gasteiger partial charge is 0.267 e. The number of allylic oxidation sites excluding steroid dienone is 1. The van der Waals surface area contributed by atoms with Gasteiger partial charge in [-0.25, -0.2) is 5.48 Å². The molecule has 6 nitrogen and oxygen atoms in total. The molecule has 1 amide bonds. The highest BCUT2D eigenvalue weighted by atomic mass is 16.5. The first-order valence-electron chi connectivity index (χ1n) is 10.2. The maximum Gasteiger partial charge on any atom is 0.267 e. The van der Waals surface area contributed by atoms with Crippen molar-refractivity contribution in [3.63, 3.8) is 0 Å². The van der Waals surface area contributed by atoms with Gasteiger partial charge < -0.3 is 15.0 Å². The number of ether oxygens (including phenoxy) is 1. The van der Waals surface area contributed by atoms with E-state index in [1.807, 2.05) is 25.1 Å². The number of hydroxylamine groups is 1. The minimum atomic E-state index is -0.511. The number of methoxy groups -OCH3 is 1. The van der Waals surface area contributed by atoms with Crippen molar-refractivity contribution in [2.24, 2.45) is 0 Å². The molecule has 4 rings (SSSR count). The van der Waals surface area contributed by atoms with E-state index in [1.165, 1.54) is 28.2 Å². The van der Waals surface area contributed by atoms with Gasteiger partial charge in [-0.1, -0.05) is 18.2 Å². The fourth-order valence-electron chi connectivity index (χ4n) is 4.27. The van der Waals surface area contributed by atoms with E-state index in [2.05, 4.69) is 34.7 Å². The van der Waals surface area contributed by atoms with Crippen LogP contribution in [0.15, 0.2) is 48.7 Å². The number of aryl methyl sites for hydroxylation is 1. The summed E-state index contributed by atoms with van der Waals surface area (Å²) in [5.41, 5.74) is 8.54. The third-order valence-corrected chi connectivity index (χ3v) is 5.89. The minimum absolute atomic E-state index is 0.351. The molecule has 0 fully saturated rings. The topological polar surface area (TPSA) is 86.4 Å². The maximum absolute atomic E-state index is 11.4. The second-order valence-electron chi connectivity index (χ2n) is 7.74. The largest absolute Gasteiger partial charge is 0.497 e. The van der Waals surface area contributed by atoms with Crippen molar-refractivity contribution in [2.45, 2.75) is 32.2 Å². The van der Waals surface area contributed by atoms with E-state index < -0.39 is 5.91 Å². The van der Waals surface area contributed by atoms with Crippen LogP contribution < -0.4 is 15.5 Å². The molecular weight excluding hydrogens is 378 g/mol. The zero-order valence-electron chi connectivity index (χ0n) is 17.3. The molecule has 4 N–H and O–H groups in total. The summed E-state index contributed by atoms with van der Waals surface area (Å²) in [4.78, 5) is 14.7. The van der Waals surface area contributed by atoms with Crippen molar-refractivity contribution >= 4 is 22.4 Å². The van der Waals surface area contributed by atoms with Gasteiger partial charge in [-0.15, -0.1) is 0 Å². The first kappa shape index (κ1) is 20.2. The van der Waals surface area contributed by atoms with Crippen LogP contribution in [0.2, 0.25) is 0 Å². The number of amides is 1. The Kier molecular flexibility index (Phi) is 5.88. The van der Waals surface area contributed by atoms with Gasteiger partial charge in [0.1, 0.15) is 5.75 Å². The van der Waals surface area contributed by atoms with E-state index in [1.54, 1.807) is 12.6 Å². The molecule has 1 aromatic heterocycles. The normalized spacial score (nSPS) is 16.0. The average Bonchev–Trinajstić information content (AvgIpc) is 3.36. The van der Waals surface area contributed by atoms with Crippen molar-refractivity contribution in [1.29, 1.82) is 0 Å². The van der Waals surface area contributed by atoms with Gasteiger partial charge in [0.25, 0.3) is 5.91 Å². The van der Waals surface area contributed by atoms with Crippen LogP contribution in [-0.2, 0) is 17.6 Å². The zero-order chi connectivity index (χ0) is 21.1. The molecule has 1 aliphatic rings. The molecule has 6 heteroatoms. The summed E-state index contributed by atoms with van der Waals surface area (Å²) in [6.07, 6.45) is 6.53. The number of nitrogens with one attached hydrogen (secondary N) is 3. The fraction of sp³-hybridized carbons (Fsp3) is 0.292. The quantitative estimate of drug-likeness (QED) is 0.273. The summed E-state index contributed by atoms with van der Waals surface area (Å²) in [6, 6.07) is 12.8. The number of carbonyl (C=O) groups is 1. The summed E-state index contributed by atoms with van der Waals surface area (Å²) in [6.45, 7) is 2.78.